The zero-order valence-corrected chi connectivity index (χ0v) is 13.2. The molecule has 0 aliphatic carbocycles. The lowest BCUT2D eigenvalue weighted by atomic mass is 10.1. The maximum Gasteiger partial charge on any atom is 0.416 e. The Morgan fingerprint density at radius 1 is 1.00 bits per heavy atom. The number of esters is 1. The van der Waals surface area contributed by atoms with Crippen LogP contribution in [0, 0.1) is 30.2 Å². The fraction of sp³-hybridized carbons (Fsp3) is 0.118. The molecule has 27 heavy (non-hydrogen) atoms. The second-order valence-electron chi connectivity index (χ2n) is 5.41. The summed E-state index contributed by atoms with van der Waals surface area (Å²) in [6, 6.07) is 3.21. The Morgan fingerprint density at radius 2 is 1.63 bits per heavy atom. The maximum absolute atomic E-state index is 14.0. The number of benzene rings is 2. The number of halogens is 7. The molecule has 10 heteroatoms. The van der Waals surface area contributed by atoms with Gasteiger partial charge in [-0.05, 0) is 25.1 Å². The molecular formula is C17H7F7O3. The zero-order chi connectivity index (χ0) is 20.1. The van der Waals surface area contributed by atoms with Crippen molar-refractivity contribution in [1.29, 1.82) is 0 Å². The van der Waals surface area contributed by atoms with E-state index in [1.54, 1.807) is 0 Å². The Bertz CT molecular complexity index is 1070. The minimum atomic E-state index is -4.71. The van der Waals surface area contributed by atoms with Crippen LogP contribution in [-0.2, 0) is 6.18 Å². The van der Waals surface area contributed by atoms with Gasteiger partial charge in [0.2, 0.25) is 11.6 Å². The Balaban J connectivity index is 2.09. The number of hydrogen-bond acceptors (Lipinski definition) is 3. The number of rotatable bonds is 2. The first-order chi connectivity index (χ1) is 12.5. The molecule has 0 aliphatic heterocycles. The van der Waals surface area contributed by atoms with Gasteiger partial charge in [0.1, 0.15) is 17.1 Å². The van der Waals surface area contributed by atoms with Crippen LogP contribution in [0.3, 0.4) is 0 Å². The number of carbonyl (C=O) groups excluding carboxylic acids is 1. The van der Waals surface area contributed by atoms with Crippen LogP contribution < -0.4 is 4.74 Å². The van der Waals surface area contributed by atoms with Crippen molar-refractivity contribution in [2.75, 3.05) is 0 Å². The van der Waals surface area contributed by atoms with Gasteiger partial charge in [0.25, 0.3) is 0 Å². The molecule has 142 valence electrons. The van der Waals surface area contributed by atoms with E-state index in [1.807, 2.05) is 0 Å². The van der Waals surface area contributed by atoms with Gasteiger partial charge in [0.05, 0.1) is 10.9 Å². The van der Waals surface area contributed by atoms with Gasteiger partial charge in [-0.15, -0.1) is 0 Å². The lowest BCUT2D eigenvalue weighted by Gasteiger charge is -2.09. The molecule has 0 fully saturated rings. The second kappa shape index (κ2) is 6.29. The largest absolute Gasteiger partial charge is 0.457 e. The summed E-state index contributed by atoms with van der Waals surface area (Å²) in [6.45, 7) is 1.07. The van der Waals surface area contributed by atoms with Crippen LogP contribution in [0.2, 0.25) is 0 Å². The molecule has 0 bridgehead atoms. The molecule has 3 rings (SSSR count). The van der Waals surface area contributed by atoms with E-state index in [1.165, 1.54) is 0 Å². The second-order valence-corrected chi connectivity index (χ2v) is 5.41. The van der Waals surface area contributed by atoms with Gasteiger partial charge in [0, 0.05) is 0 Å². The average molecular weight is 392 g/mol. The molecule has 0 N–H and O–H groups in total. The summed E-state index contributed by atoms with van der Waals surface area (Å²) in [4.78, 5) is 12.3. The monoisotopic (exact) mass is 392 g/mol. The Morgan fingerprint density at radius 3 is 2.26 bits per heavy atom. The third-order valence-electron chi connectivity index (χ3n) is 3.66. The highest BCUT2D eigenvalue weighted by Gasteiger charge is 2.32. The number of alkyl halides is 3. The van der Waals surface area contributed by atoms with Crippen molar-refractivity contribution in [2.45, 2.75) is 13.1 Å². The highest BCUT2D eigenvalue weighted by atomic mass is 19.4. The van der Waals surface area contributed by atoms with Crippen molar-refractivity contribution in [3.05, 3.63) is 64.4 Å². The van der Waals surface area contributed by atoms with Crippen LogP contribution in [0.25, 0.3) is 11.0 Å². The highest BCUT2D eigenvalue weighted by Crippen LogP contribution is 2.35. The summed E-state index contributed by atoms with van der Waals surface area (Å²) >= 11 is 0. The number of aryl methyl sites for hydroxylation is 1. The fourth-order valence-electron chi connectivity index (χ4n) is 2.45. The number of ether oxygens (including phenoxy) is 1. The number of furan rings is 1. The van der Waals surface area contributed by atoms with Crippen molar-refractivity contribution in [1.82, 2.24) is 0 Å². The van der Waals surface area contributed by atoms with E-state index in [4.69, 9.17) is 9.15 Å². The Labute approximate surface area is 145 Å². The highest BCUT2D eigenvalue weighted by molar-refractivity contribution is 6.05. The van der Waals surface area contributed by atoms with Crippen molar-refractivity contribution >= 4 is 16.9 Å². The summed E-state index contributed by atoms with van der Waals surface area (Å²) in [7, 11) is 0. The molecule has 0 saturated carbocycles. The minimum Gasteiger partial charge on any atom is -0.457 e. The molecule has 0 unspecified atom stereocenters. The molecule has 0 atom stereocenters. The van der Waals surface area contributed by atoms with Crippen LogP contribution in [0.1, 0.15) is 21.7 Å². The van der Waals surface area contributed by atoms with E-state index in [0.29, 0.717) is 6.07 Å². The summed E-state index contributed by atoms with van der Waals surface area (Å²) in [5.74, 6) is -10.5. The van der Waals surface area contributed by atoms with Crippen LogP contribution >= 0.6 is 0 Å². The third-order valence-corrected chi connectivity index (χ3v) is 3.66. The Kier molecular flexibility index (Phi) is 4.37. The van der Waals surface area contributed by atoms with Gasteiger partial charge >= 0.3 is 12.1 Å². The van der Waals surface area contributed by atoms with E-state index in [0.717, 1.165) is 25.1 Å². The molecule has 1 heterocycles. The van der Waals surface area contributed by atoms with E-state index in [2.05, 4.69) is 0 Å². The molecule has 0 aliphatic rings. The van der Waals surface area contributed by atoms with Crippen LogP contribution in [0.5, 0.6) is 5.75 Å². The van der Waals surface area contributed by atoms with E-state index in [9.17, 15) is 35.5 Å². The first-order valence-corrected chi connectivity index (χ1v) is 7.16. The topological polar surface area (TPSA) is 39.4 Å². The van der Waals surface area contributed by atoms with Gasteiger partial charge in [0.15, 0.2) is 17.2 Å². The fourth-order valence-corrected chi connectivity index (χ4v) is 2.45. The van der Waals surface area contributed by atoms with Gasteiger partial charge < -0.3 is 9.15 Å². The van der Waals surface area contributed by atoms with Gasteiger partial charge in [-0.2, -0.15) is 17.6 Å². The lowest BCUT2D eigenvalue weighted by Crippen LogP contribution is -2.11. The van der Waals surface area contributed by atoms with E-state index >= 15 is 0 Å². The molecule has 1 aromatic heterocycles. The molecule has 0 spiro atoms. The minimum absolute atomic E-state index is 0.440. The standard InChI is InChI=1S/C17H7F7O3/c1-6-9(10-11(18)12(19)13(20)14(21)15(10)26-6)16(25)27-8-4-2-3-7(5-8)17(22,23)24/h2-5H,1H3. The molecule has 3 nitrogen and oxygen atoms in total. The predicted molar refractivity (Wildman–Crippen MR) is 77.2 cm³/mol. The van der Waals surface area contributed by atoms with Crippen LogP contribution in [0.4, 0.5) is 30.7 Å². The average Bonchev–Trinajstić information content (AvgIpc) is 2.95. The molecule has 0 amide bonds. The first-order valence-electron chi connectivity index (χ1n) is 7.16. The molecule has 0 radical (unpaired) electrons. The smallest absolute Gasteiger partial charge is 0.416 e. The van der Waals surface area contributed by atoms with Crippen LogP contribution in [0.15, 0.2) is 28.7 Å². The van der Waals surface area contributed by atoms with E-state index < -0.39 is 69.0 Å². The number of carbonyl (C=O) groups is 1. The van der Waals surface area contributed by atoms with E-state index in [-0.39, 0.29) is 0 Å². The summed E-state index contributed by atoms with van der Waals surface area (Å²) in [6.07, 6.45) is -4.71. The van der Waals surface area contributed by atoms with Crippen LogP contribution in [-0.4, -0.2) is 5.97 Å². The van der Waals surface area contributed by atoms with Crippen molar-refractivity contribution in [3.63, 3.8) is 0 Å². The number of fused-ring (bicyclic) bond motifs is 1. The molecular weight excluding hydrogens is 385 g/mol. The quantitative estimate of drug-likeness (QED) is 0.189. The first kappa shape index (κ1) is 18.7. The third kappa shape index (κ3) is 3.11. The normalized spacial score (nSPS) is 11.9. The van der Waals surface area contributed by atoms with Gasteiger partial charge in [-0.3, -0.25) is 0 Å². The summed E-state index contributed by atoms with van der Waals surface area (Å²) in [5, 5.41) is -1.01. The molecule has 3 aromatic rings. The number of hydrogen-bond donors (Lipinski definition) is 0. The SMILES string of the molecule is Cc1oc2c(F)c(F)c(F)c(F)c2c1C(=O)Oc1cccc(C(F)(F)F)c1. The predicted octanol–water partition coefficient (Wildman–Crippen LogP) is 5.54. The van der Waals surface area contributed by atoms with Gasteiger partial charge in [-0.1, -0.05) is 6.07 Å². The van der Waals surface area contributed by atoms with Crippen molar-refractivity contribution in [2.24, 2.45) is 0 Å². The zero-order valence-electron chi connectivity index (χ0n) is 13.2. The summed E-state index contributed by atoms with van der Waals surface area (Å²) < 4.78 is 102. The molecule has 2 aromatic carbocycles. The Hall–Kier alpha value is -3.04. The van der Waals surface area contributed by atoms with Crippen molar-refractivity contribution < 1.29 is 44.7 Å². The summed E-state index contributed by atoms with van der Waals surface area (Å²) in [5.41, 5.74) is -2.95. The van der Waals surface area contributed by atoms with Crippen molar-refractivity contribution in [3.8, 4) is 5.75 Å². The lowest BCUT2D eigenvalue weighted by molar-refractivity contribution is -0.137. The molecule has 0 saturated heterocycles. The maximum atomic E-state index is 14.0. The van der Waals surface area contributed by atoms with Gasteiger partial charge in [-0.25, -0.2) is 18.0 Å².